The molecule has 4 nitrogen and oxygen atoms in total. The molecule has 1 aromatic rings. The standard InChI is InChI=1S/C14H26N4/c1-10(2)18-7-5-6-12(8-15)14(18)13-9-17(4)16-11(13)3/h9-10,12,14H,5-8,15H2,1-4H3. The van der Waals surface area contributed by atoms with Gasteiger partial charge in [-0.25, -0.2) is 0 Å². The van der Waals surface area contributed by atoms with Crippen molar-refractivity contribution in [2.24, 2.45) is 18.7 Å². The van der Waals surface area contributed by atoms with E-state index in [1.807, 2.05) is 11.7 Å². The van der Waals surface area contributed by atoms with Crippen molar-refractivity contribution < 1.29 is 0 Å². The molecular formula is C14H26N4. The third-order valence-corrected chi connectivity index (χ3v) is 4.13. The van der Waals surface area contributed by atoms with E-state index in [0.717, 1.165) is 12.2 Å². The maximum absolute atomic E-state index is 6.00. The summed E-state index contributed by atoms with van der Waals surface area (Å²) in [6.45, 7) is 8.60. The Hall–Kier alpha value is -0.870. The predicted octanol–water partition coefficient (Wildman–Crippen LogP) is 1.85. The van der Waals surface area contributed by atoms with Crippen LogP contribution in [-0.4, -0.2) is 33.8 Å². The lowest BCUT2D eigenvalue weighted by atomic mass is 9.84. The van der Waals surface area contributed by atoms with E-state index in [1.165, 1.54) is 24.9 Å². The van der Waals surface area contributed by atoms with E-state index in [2.05, 4.69) is 37.0 Å². The Morgan fingerprint density at radius 1 is 1.50 bits per heavy atom. The first-order valence-electron chi connectivity index (χ1n) is 7.00. The first-order valence-corrected chi connectivity index (χ1v) is 7.00. The lowest BCUT2D eigenvalue weighted by Gasteiger charge is -2.43. The fourth-order valence-corrected chi connectivity index (χ4v) is 3.27. The van der Waals surface area contributed by atoms with Crippen LogP contribution in [0.5, 0.6) is 0 Å². The highest BCUT2D eigenvalue weighted by atomic mass is 15.3. The second kappa shape index (κ2) is 5.41. The van der Waals surface area contributed by atoms with E-state index < -0.39 is 0 Å². The molecule has 0 spiro atoms. The molecule has 0 saturated carbocycles. The van der Waals surface area contributed by atoms with Crippen molar-refractivity contribution >= 4 is 0 Å². The van der Waals surface area contributed by atoms with Crippen molar-refractivity contribution in [3.05, 3.63) is 17.5 Å². The topological polar surface area (TPSA) is 47.1 Å². The number of likely N-dealkylation sites (tertiary alicyclic amines) is 1. The van der Waals surface area contributed by atoms with Gasteiger partial charge >= 0.3 is 0 Å². The van der Waals surface area contributed by atoms with Crippen LogP contribution in [0.15, 0.2) is 6.20 Å². The smallest absolute Gasteiger partial charge is 0.0641 e. The lowest BCUT2D eigenvalue weighted by molar-refractivity contribution is 0.0661. The molecule has 2 unspecified atom stereocenters. The Morgan fingerprint density at radius 3 is 2.72 bits per heavy atom. The van der Waals surface area contributed by atoms with Crippen LogP contribution >= 0.6 is 0 Å². The first kappa shape index (κ1) is 13.6. The van der Waals surface area contributed by atoms with E-state index >= 15 is 0 Å². The van der Waals surface area contributed by atoms with Gasteiger partial charge in [0.15, 0.2) is 0 Å². The molecule has 0 amide bonds. The second-order valence-corrected chi connectivity index (χ2v) is 5.76. The van der Waals surface area contributed by atoms with Gasteiger partial charge < -0.3 is 5.73 Å². The van der Waals surface area contributed by atoms with Gasteiger partial charge in [-0.2, -0.15) is 5.10 Å². The van der Waals surface area contributed by atoms with Gasteiger partial charge in [-0.3, -0.25) is 9.58 Å². The molecule has 1 aromatic heterocycles. The molecule has 0 aromatic carbocycles. The van der Waals surface area contributed by atoms with Crippen LogP contribution in [-0.2, 0) is 7.05 Å². The molecule has 0 radical (unpaired) electrons. The molecule has 18 heavy (non-hydrogen) atoms. The van der Waals surface area contributed by atoms with Gasteiger partial charge in [0.2, 0.25) is 0 Å². The first-order chi connectivity index (χ1) is 8.54. The molecule has 2 N–H and O–H groups in total. The summed E-state index contributed by atoms with van der Waals surface area (Å²) in [5.74, 6) is 0.559. The van der Waals surface area contributed by atoms with Gasteiger partial charge in [0.05, 0.1) is 5.69 Å². The van der Waals surface area contributed by atoms with E-state index in [0.29, 0.717) is 18.0 Å². The molecular weight excluding hydrogens is 224 g/mol. The molecule has 2 rings (SSSR count). The summed E-state index contributed by atoms with van der Waals surface area (Å²) in [5, 5.41) is 4.50. The zero-order chi connectivity index (χ0) is 13.3. The maximum Gasteiger partial charge on any atom is 0.0641 e. The molecule has 0 bridgehead atoms. The normalized spacial score (nSPS) is 25.9. The average Bonchev–Trinajstić information content (AvgIpc) is 2.67. The Morgan fingerprint density at radius 2 is 2.22 bits per heavy atom. The lowest BCUT2D eigenvalue weighted by Crippen LogP contribution is -2.45. The van der Waals surface area contributed by atoms with Crippen LogP contribution in [0, 0.1) is 12.8 Å². The zero-order valence-corrected chi connectivity index (χ0v) is 12.1. The van der Waals surface area contributed by atoms with Gasteiger partial charge in [0.1, 0.15) is 0 Å². The highest BCUT2D eigenvalue weighted by Crippen LogP contribution is 2.37. The fourth-order valence-electron chi connectivity index (χ4n) is 3.27. The van der Waals surface area contributed by atoms with Crippen molar-refractivity contribution in [1.29, 1.82) is 0 Å². The minimum atomic E-state index is 0.442. The minimum absolute atomic E-state index is 0.442. The molecule has 2 atom stereocenters. The Labute approximate surface area is 110 Å². The highest BCUT2D eigenvalue weighted by molar-refractivity contribution is 5.22. The van der Waals surface area contributed by atoms with E-state index in [1.54, 1.807) is 0 Å². The van der Waals surface area contributed by atoms with E-state index in [-0.39, 0.29) is 0 Å². The van der Waals surface area contributed by atoms with Crippen LogP contribution in [0.2, 0.25) is 0 Å². The number of piperidine rings is 1. The summed E-state index contributed by atoms with van der Waals surface area (Å²) in [5.41, 5.74) is 8.51. The second-order valence-electron chi connectivity index (χ2n) is 5.76. The molecule has 1 fully saturated rings. The molecule has 1 aliphatic rings. The highest BCUT2D eigenvalue weighted by Gasteiger charge is 2.34. The molecule has 2 heterocycles. The number of aryl methyl sites for hydroxylation is 2. The molecule has 1 aliphatic heterocycles. The quantitative estimate of drug-likeness (QED) is 0.890. The third kappa shape index (κ3) is 2.45. The Balaban J connectivity index is 2.36. The summed E-state index contributed by atoms with van der Waals surface area (Å²) >= 11 is 0. The number of nitrogens with zero attached hydrogens (tertiary/aromatic N) is 3. The Kier molecular flexibility index (Phi) is 4.07. The fraction of sp³-hybridized carbons (Fsp3) is 0.786. The maximum atomic E-state index is 6.00. The van der Waals surface area contributed by atoms with Gasteiger partial charge in [0, 0.05) is 30.9 Å². The van der Waals surface area contributed by atoms with E-state index in [9.17, 15) is 0 Å². The molecule has 0 aliphatic carbocycles. The number of hydrogen-bond acceptors (Lipinski definition) is 3. The van der Waals surface area contributed by atoms with Gasteiger partial charge in [-0.1, -0.05) is 0 Å². The molecule has 1 saturated heterocycles. The van der Waals surface area contributed by atoms with Gasteiger partial charge in [0.25, 0.3) is 0 Å². The summed E-state index contributed by atoms with van der Waals surface area (Å²) in [4.78, 5) is 2.59. The number of rotatable bonds is 3. The number of nitrogens with two attached hydrogens (primary N) is 1. The minimum Gasteiger partial charge on any atom is -0.330 e. The van der Waals surface area contributed by atoms with E-state index in [4.69, 9.17) is 5.73 Å². The van der Waals surface area contributed by atoms with Crippen molar-refractivity contribution in [2.45, 2.75) is 45.7 Å². The predicted molar refractivity (Wildman–Crippen MR) is 74.3 cm³/mol. The average molecular weight is 250 g/mol. The third-order valence-electron chi connectivity index (χ3n) is 4.13. The summed E-state index contributed by atoms with van der Waals surface area (Å²) in [7, 11) is 2.00. The molecule has 102 valence electrons. The van der Waals surface area contributed by atoms with Crippen LogP contribution in [0.4, 0.5) is 0 Å². The van der Waals surface area contributed by atoms with Crippen LogP contribution in [0.3, 0.4) is 0 Å². The van der Waals surface area contributed by atoms with Gasteiger partial charge in [-0.15, -0.1) is 0 Å². The largest absolute Gasteiger partial charge is 0.330 e. The van der Waals surface area contributed by atoms with Crippen LogP contribution in [0.25, 0.3) is 0 Å². The van der Waals surface area contributed by atoms with Crippen molar-refractivity contribution in [3.8, 4) is 0 Å². The van der Waals surface area contributed by atoms with Crippen molar-refractivity contribution in [3.63, 3.8) is 0 Å². The van der Waals surface area contributed by atoms with Crippen molar-refractivity contribution in [1.82, 2.24) is 14.7 Å². The monoisotopic (exact) mass is 250 g/mol. The number of aromatic nitrogens is 2. The van der Waals surface area contributed by atoms with Gasteiger partial charge in [-0.05, 0) is 52.6 Å². The van der Waals surface area contributed by atoms with Crippen molar-refractivity contribution in [2.75, 3.05) is 13.1 Å². The Bertz CT molecular complexity index is 396. The zero-order valence-electron chi connectivity index (χ0n) is 12.1. The molecule has 4 heteroatoms. The summed E-state index contributed by atoms with van der Waals surface area (Å²) in [6.07, 6.45) is 4.66. The number of hydrogen-bond donors (Lipinski definition) is 1. The summed E-state index contributed by atoms with van der Waals surface area (Å²) in [6, 6.07) is 1.00. The van der Waals surface area contributed by atoms with Crippen LogP contribution < -0.4 is 5.73 Å². The van der Waals surface area contributed by atoms with Crippen LogP contribution in [0.1, 0.15) is 44.0 Å². The SMILES string of the molecule is Cc1nn(C)cc1C1C(CN)CCCN1C(C)C. The summed E-state index contributed by atoms with van der Waals surface area (Å²) < 4.78 is 1.92.